The van der Waals surface area contributed by atoms with Crippen molar-refractivity contribution in [3.05, 3.63) is 56.7 Å². The van der Waals surface area contributed by atoms with Gasteiger partial charge in [-0.3, -0.25) is 14.9 Å². The fourth-order valence-electron chi connectivity index (χ4n) is 1.97. The molecule has 11 heteroatoms. The van der Waals surface area contributed by atoms with Gasteiger partial charge >= 0.3 is 5.88 Å². The Hall–Kier alpha value is -3.18. The summed E-state index contributed by atoms with van der Waals surface area (Å²) in [6.45, 7) is 0. The van der Waals surface area contributed by atoms with Crippen molar-refractivity contribution in [1.82, 2.24) is 5.01 Å². The Balaban J connectivity index is 1.81. The van der Waals surface area contributed by atoms with Crippen LogP contribution in [0.1, 0.15) is 11.3 Å². The normalized spacial score (nSPS) is 16.2. The molecule has 1 saturated heterocycles. The number of aromatic hydroxyl groups is 2. The average molecular weight is 391 g/mol. The number of phenolic OH excluding ortho intramolecular Hbond substituents is 2. The van der Waals surface area contributed by atoms with Crippen LogP contribution < -0.4 is 0 Å². The van der Waals surface area contributed by atoms with Gasteiger partial charge in [0, 0.05) is 17.7 Å². The van der Waals surface area contributed by atoms with Crippen LogP contribution in [0.4, 0.5) is 5.88 Å². The minimum Gasteiger partial charge on any atom is -0.508 e. The van der Waals surface area contributed by atoms with Gasteiger partial charge in [-0.05, 0) is 30.4 Å². The van der Waals surface area contributed by atoms with E-state index in [2.05, 4.69) is 5.10 Å². The van der Waals surface area contributed by atoms with Crippen LogP contribution in [0.5, 0.6) is 11.5 Å². The van der Waals surface area contributed by atoms with Crippen LogP contribution in [0.3, 0.4) is 0 Å². The average Bonchev–Trinajstić information content (AvgIpc) is 3.14. The van der Waals surface area contributed by atoms with Crippen LogP contribution in [0.25, 0.3) is 6.08 Å². The molecule has 1 aromatic heterocycles. The lowest BCUT2D eigenvalue weighted by Gasteiger charge is -2.06. The van der Waals surface area contributed by atoms with Gasteiger partial charge in [0.05, 0.1) is 17.2 Å². The van der Waals surface area contributed by atoms with Crippen molar-refractivity contribution in [3.63, 3.8) is 0 Å². The van der Waals surface area contributed by atoms with E-state index in [9.17, 15) is 25.1 Å². The van der Waals surface area contributed by atoms with Crippen molar-refractivity contribution in [2.24, 2.45) is 5.10 Å². The molecule has 2 N–H and O–H groups in total. The molecule has 1 aromatic carbocycles. The Morgan fingerprint density at radius 3 is 2.73 bits per heavy atom. The molecule has 2 heterocycles. The Labute approximate surface area is 155 Å². The summed E-state index contributed by atoms with van der Waals surface area (Å²) in [7, 11) is 0. The third kappa shape index (κ3) is 3.58. The number of amides is 1. The Morgan fingerprint density at radius 2 is 2.08 bits per heavy atom. The topological polar surface area (TPSA) is 129 Å². The molecule has 0 radical (unpaired) electrons. The van der Waals surface area contributed by atoms with Crippen LogP contribution >= 0.6 is 24.0 Å². The SMILES string of the molecule is O=C1/C(=C\c2ccc([N+](=O)[O-])o2)SC(=S)N1/N=C/c1ccc(O)cc1O. The number of furan rings is 1. The van der Waals surface area contributed by atoms with Gasteiger partial charge in [0.1, 0.15) is 22.2 Å². The van der Waals surface area contributed by atoms with E-state index in [1.54, 1.807) is 0 Å². The quantitative estimate of drug-likeness (QED) is 0.268. The van der Waals surface area contributed by atoms with E-state index in [1.807, 2.05) is 0 Å². The van der Waals surface area contributed by atoms with Crippen LogP contribution in [-0.4, -0.2) is 36.6 Å². The van der Waals surface area contributed by atoms with Gasteiger partial charge in [-0.15, -0.1) is 0 Å². The van der Waals surface area contributed by atoms with Crippen molar-refractivity contribution >= 4 is 52.4 Å². The van der Waals surface area contributed by atoms with Crippen molar-refractivity contribution in [1.29, 1.82) is 0 Å². The molecule has 1 aliphatic heterocycles. The molecule has 9 nitrogen and oxygen atoms in total. The van der Waals surface area contributed by atoms with Crippen molar-refractivity contribution < 1.29 is 24.3 Å². The monoisotopic (exact) mass is 391 g/mol. The maximum atomic E-state index is 12.4. The second kappa shape index (κ2) is 6.98. The zero-order chi connectivity index (χ0) is 18.8. The number of nitro groups is 1. The lowest BCUT2D eigenvalue weighted by molar-refractivity contribution is -0.402. The van der Waals surface area contributed by atoms with Crippen LogP contribution in [0, 0.1) is 10.1 Å². The predicted octanol–water partition coefficient (Wildman–Crippen LogP) is 2.83. The minimum atomic E-state index is -0.684. The maximum Gasteiger partial charge on any atom is 0.433 e. The van der Waals surface area contributed by atoms with Crippen molar-refractivity contribution in [2.45, 2.75) is 0 Å². The lowest BCUT2D eigenvalue weighted by atomic mass is 10.2. The highest BCUT2D eigenvalue weighted by Crippen LogP contribution is 2.33. The number of hydrazone groups is 1. The number of hydrogen-bond acceptors (Lipinski definition) is 9. The number of nitrogens with zero attached hydrogens (tertiary/aromatic N) is 3. The van der Waals surface area contributed by atoms with Crippen LogP contribution in [0.2, 0.25) is 0 Å². The number of rotatable bonds is 4. The zero-order valence-corrected chi connectivity index (χ0v) is 14.4. The maximum absolute atomic E-state index is 12.4. The fourth-order valence-corrected chi connectivity index (χ4v) is 3.12. The van der Waals surface area contributed by atoms with Gasteiger partial charge < -0.3 is 14.6 Å². The summed E-state index contributed by atoms with van der Waals surface area (Å²) in [5, 5.41) is 34.5. The first-order valence-corrected chi connectivity index (χ1v) is 8.16. The lowest BCUT2D eigenvalue weighted by Crippen LogP contribution is -2.22. The van der Waals surface area contributed by atoms with Gasteiger partial charge in [0.25, 0.3) is 5.91 Å². The largest absolute Gasteiger partial charge is 0.508 e. The van der Waals surface area contributed by atoms with E-state index in [-0.39, 0.29) is 32.0 Å². The van der Waals surface area contributed by atoms with E-state index in [4.69, 9.17) is 16.6 Å². The summed E-state index contributed by atoms with van der Waals surface area (Å²) in [5.41, 5.74) is 0.280. The number of thiocarbonyl (C=S) groups is 1. The van der Waals surface area contributed by atoms with E-state index in [0.717, 1.165) is 22.8 Å². The molecule has 0 atom stereocenters. The second-order valence-electron chi connectivity index (χ2n) is 4.91. The summed E-state index contributed by atoms with van der Waals surface area (Å²) >= 11 is 6.06. The summed E-state index contributed by atoms with van der Waals surface area (Å²) in [6.07, 6.45) is 2.56. The molecule has 0 bridgehead atoms. The summed E-state index contributed by atoms with van der Waals surface area (Å²) in [6, 6.07) is 6.45. The molecular formula is C15H9N3O6S2. The van der Waals surface area contributed by atoms with Crippen molar-refractivity contribution in [2.75, 3.05) is 0 Å². The standard InChI is InChI=1S/C15H9N3O6S2/c19-9-2-1-8(11(20)5-9)7-16-17-14(21)12(26-15(17)25)6-10-3-4-13(24-10)18(22)23/h1-7,19-20H/b12-6+,16-7+. The van der Waals surface area contributed by atoms with Crippen LogP contribution in [0.15, 0.2) is 44.8 Å². The molecule has 0 unspecified atom stereocenters. The van der Waals surface area contributed by atoms with E-state index in [1.165, 1.54) is 36.6 Å². The number of benzene rings is 1. The van der Waals surface area contributed by atoms with E-state index >= 15 is 0 Å². The summed E-state index contributed by atoms with van der Waals surface area (Å²) in [5.74, 6) is -1.16. The molecule has 1 amide bonds. The molecule has 1 aliphatic rings. The third-order valence-electron chi connectivity index (χ3n) is 3.17. The van der Waals surface area contributed by atoms with Crippen LogP contribution in [-0.2, 0) is 4.79 Å². The highest BCUT2D eigenvalue weighted by Gasteiger charge is 2.32. The first-order valence-electron chi connectivity index (χ1n) is 6.93. The number of hydrogen-bond donors (Lipinski definition) is 2. The number of carbonyl (C=O) groups excluding carboxylic acids is 1. The molecular weight excluding hydrogens is 382 g/mol. The second-order valence-corrected chi connectivity index (χ2v) is 6.59. The molecule has 0 saturated carbocycles. The summed E-state index contributed by atoms with van der Waals surface area (Å²) < 4.78 is 5.13. The highest BCUT2D eigenvalue weighted by molar-refractivity contribution is 8.26. The Bertz CT molecular complexity index is 982. The fraction of sp³-hybridized carbons (Fsp3) is 0. The van der Waals surface area contributed by atoms with E-state index in [0.29, 0.717) is 0 Å². The predicted molar refractivity (Wildman–Crippen MR) is 97.7 cm³/mol. The van der Waals surface area contributed by atoms with Gasteiger partial charge in [-0.2, -0.15) is 10.1 Å². The zero-order valence-electron chi connectivity index (χ0n) is 12.7. The number of carbonyl (C=O) groups is 1. The Kier molecular flexibility index (Phi) is 4.73. The number of thioether (sulfide) groups is 1. The van der Waals surface area contributed by atoms with E-state index < -0.39 is 16.7 Å². The van der Waals surface area contributed by atoms with Gasteiger partial charge in [0.15, 0.2) is 4.32 Å². The Morgan fingerprint density at radius 1 is 1.31 bits per heavy atom. The first kappa shape index (κ1) is 17.6. The first-order chi connectivity index (χ1) is 12.3. The highest BCUT2D eigenvalue weighted by atomic mass is 32.2. The number of phenols is 2. The molecule has 0 spiro atoms. The summed E-state index contributed by atoms with van der Waals surface area (Å²) in [4.78, 5) is 22.5. The molecule has 0 aliphatic carbocycles. The van der Waals surface area contributed by atoms with Gasteiger partial charge in [0.2, 0.25) is 0 Å². The molecule has 1 fully saturated rings. The molecule has 2 aromatic rings. The molecule has 132 valence electrons. The molecule has 3 rings (SSSR count). The third-order valence-corrected chi connectivity index (χ3v) is 4.45. The van der Waals surface area contributed by atoms with Gasteiger partial charge in [-0.1, -0.05) is 11.8 Å². The van der Waals surface area contributed by atoms with Gasteiger partial charge in [-0.25, -0.2) is 0 Å². The smallest absolute Gasteiger partial charge is 0.433 e. The minimum absolute atomic E-state index is 0.110. The molecule has 26 heavy (non-hydrogen) atoms. The van der Waals surface area contributed by atoms with Crippen molar-refractivity contribution in [3.8, 4) is 11.5 Å².